The van der Waals surface area contributed by atoms with Gasteiger partial charge < -0.3 is 10.1 Å². The minimum Gasteiger partial charge on any atom is -0.373 e. The zero-order chi connectivity index (χ0) is 14.8. The van der Waals surface area contributed by atoms with Crippen molar-refractivity contribution < 1.29 is 13.5 Å². The Labute approximate surface area is 119 Å². The number of halogens is 2. The van der Waals surface area contributed by atoms with Crippen LogP contribution in [0.1, 0.15) is 50.8 Å². The summed E-state index contributed by atoms with van der Waals surface area (Å²) in [5, 5.41) is 3.49. The van der Waals surface area contributed by atoms with Crippen LogP contribution in [0.5, 0.6) is 0 Å². The van der Waals surface area contributed by atoms with Crippen molar-refractivity contribution >= 4 is 0 Å². The maximum Gasteiger partial charge on any atom is 0.263 e. The molecule has 0 saturated carbocycles. The van der Waals surface area contributed by atoms with Crippen molar-refractivity contribution in [2.75, 3.05) is 13.2 Å². The van der Waals surface area contributed by atoms with Gasteiger partial charge >= 0.3 is 0 Å². The molecule has 1 heterocycles. The summed E-state index contributed by atoms with van der Waals surface area (Å²) in [6.07, 6.45) is -1.40. The first kappa shape index (κ1) is 15.4. The van der Waals surface area contributed by atoms with Gasteiger partial charge in [0, 0.05) is 30.2 Å². The van der Waals surface area contributed by atoms with Gasteiger partial charge in [0.25, 0.3) is 6.43 Å². The predicted molar refractivity (Wildman–Crippen MR) is 76.0 cm³/mol. The van der Waals surface area contributed by atoms with Crippen LogP contribution >= 0.6 is 0 Å². The molecule has 1 aromatic rings. The van der Waals surface area contributed by atoms with E-state index in [4.69, 9.17) is 4.74 Å². The minimum atomic E-state index is -2.41. The van der Waals surface area contributed by atoms with Gasteiger partial charge in [-0.05, 0) is 32.8 Å². The van der Waals surface area contributed by atoms with E-state index in [0.717, 1.165) is 25.1 Å². The molecule has 2 atom stereocenters. The van der Waals surface area contributed by atoms with Crippen LogP contribution in [-0.4, -0.2) is 18.7 Å². The third kappa shape index (κ3) is 4.00. The standard InChI is InChI=1S/C16H23F2NO/c1-16(2,3)19-10-13-8-9-20-14(13)11-4-6-12(7-5-11)15(17)18/h4-7,13-15,19H,8-10H2,1-3H3. The Morgan fingerprint density at radius 1 is 1.25 bits per heavy atom. The highest BCUT2D eigenvalue weighted by atomic mass is 19.3. The lowest BCUT2D eigenvalue weighted by Gasteiger charge is -2.26. The summed E-state index contributed by atoms with van der Waals surface area (Å²) in [5.41, 5.74) is 1.14. The molecule has 1 fully saturated rings. The van der Waals surface area contributed by atoms with Gasteiger partial charge in [-0.1, -0.05) is 24.3 Å². The molecule has 1 aromatic carbocycles. The van der Waals surface area contributed by atoms with Crippen molar-refractivity contribution in [2.24, 2.45) is 5.92 Å². The van der Waals surface area contributed by atoms with E-state index in [-0.39, 0.29) is 17.2 Å². The zero-order valence-electron chi connectivity index (χ0n) is 12.3. The van der Waals surface area contributed by atoms with Gasteiger partial charge in [-0.3, -0.25) is 0 Å². The Morgan fingerprint density at radius 3 is 2.45 bits per heavy atom. The van der Waals surface area contributed by atoms with E-state index in [1.807, 2.05) is 0 Å². The lowest BCUT2D eigenvalue weighted by Crippen LogP contribution is -2.39. The fourth-order valence-electron chi connectivity index (χ4n) is 2.48. The molecule has 1 N–H and O–H groups in total. The van der Waals surface area contributed by atoms with E-state index < -0.39 is 6.43 Å². The van der Waals surface area contributed by atoms with Gasteiger partial charge in [-0.25, -0.2) is 8.78 Å². The molecule has 2 nitrogen and oxygen atoms in total. The van der Waals surface area contributed by atoms with E-state index in [1.165, 1.54) is 12.1 Å². The largest absolute Gasteiger partial charge is 0.373 e. The molecule has 1 aliphatic rings. The van der Waals surface area contributed by atoms with Crippen molar-refractivity contribution in [3.05, 3.63) is 35.4 Å². The van der Waals surface area contributed by atoms with Crippen LogP contribution in [0.4, 0.5) is 8.78 Å². The molecule has 4 heteroatoms. The van der Waals surface area contributed by atoms with Crippen molar-refractivity contribution in [1.29, 1.82) is 0 Å². The normalized spacial score (nSPS) is 23.5. The summed E-state index contributed by atoms with van der Waals surface area (Å²) in [4.78, 5) is 0. The summed E-state index contributed by atoms with van der Waals surface area (Å²) in [7, 11) is 0. The predicted octanol–water partition coefficient (Wildman–Crippen LogP) is 4.09. The van der Waals surface area contributed by atoms with E-state index in [2.05, 4.69) is 26.1 Å². The van der Waals surface area contributed by atoms with Crippen molar-refractivity contribution in [1.82, 2.24) is 5.32 Å². The van der Waals surface area contributed by atoms with Gasteiger partial charge in [0.1, 0.15) is 0 Å². The van der Waals surface area contributed by atoms with Gasteiger partial charge in [0.05, 0.1) is 6.10 Å². The molecular weight excluding hydrogens is 260 g/mol. The summed E-state index contributed by atoms with van der Waals surface area (Å²) in [6, 6.07) is 6.52. The smallest absolute Gasteiger partial charge is 0.263 e. The second-order valence-electron chi connectivity index (χ2n) is 6.44. The lowest BCUT2D eigenvalue weighted by molar-refractivity contribution is 0.0888. The molecule has 1 saturated heterocycles. The number of hydrogen-bond acceptors (Lipinski definition) is 2. The van der Waals surface area contributed by atoms with E-state index in [9.17, 15) is 8.78 Å². The van der Waals surface area contributed by atoms with Gasteiger partial charge in [-0.15, -0.1) is 0 Å². The Hall–Kier alpha value is -1.00. The molecule has 0 bridgehead atoms. The maximum absolute atomic E-state index is 12.6. The highest BCUT2D eigenvalue weighted by molar-refractivity contribution is 5.26. The Kier molecular flexibility index (Phi) is 4.76. The van der Waals surface area contributed by atoms with Crippen LogP contribution in [0, 0.1) is 5.92 Å². The minimum absolute atomic E-state index is 0.0107. The van der Waals surface area contributed by atoms with Gasteiger partial charge in [0.15, 0.2) is 0 Å². The lowest BCUT2D eigenvalue weighted by atomic mass is 9.93. The van der Waals surface area contributed by atoms with Crippen LogP contribution < -0.4 is 5.32 Å². The number of hydrogen-bond donors (Lipinski definition) is 1. The number of nitrogens with one attached hydrogen (secondary N) is 1. The van der Waals surface area contributed by atoms with E-state index in [0.29, 0.717) is 5.92 Å². The molecule has 2 unspecified atom stereocenters. The average Bonchev–Trinajstić information content (AvgIpc) is 2.84. The van der Waals surface area contributed by atoms with Crippen LogP contribution in [0.15, 0.2) is 24.3 Å². The number of benzene rings is 1. The molecule has 112 valence electrons. The highest BCUT2D eigenvalue weighted by Crippen LogP contribution is 2.35. The van der Waals surface area contributed by atoms with Crippen LogP contribution in [0.25, 0.3) is 0 Å². The third-order valence-electron chi connectivity index (χ3n) is 3.63. The topological polar surface area (TPSA) is 21.3 Å². The van der Waals surface area contributed by atoms with Crippen molar-refractivity contribution in [3.63, 3.8) is 0 Å². The third-order valence-corrected chi connectivity index (χ3v) is 3.63. The monoisotopic (exact) mass is 283 g/mol. The first-order valence-electron chi connectivity index (χ1n) is 7.11. The second-order valence-corrected chi connectivity index (χ2v) is 6.44. The fraction of sp³-hybridized carbons (Fsp3) is 0.625. The summed E-state index contributed by atoms with van der Waals surface area (Å²) >= 11 is 0. The average molecular weight is 283 g/mol. The first-order valence-corrected chi connectivity index (χ1v) is 7.11. The molecule has 20 heavy (non-hydrogen) atoms. The molecule has 0 aliphatic carbocycles. The quantitative estimate of drug-likeness (QED) is 0.898. The summed E-state index contributed by atoms with van der Waals surface area (Å²) in [6.45, 7) is 8.02. The molecule has 1 aliphatic heterocycles. The highest BCUT2D eigenvalue weighted by Gasteiger charge is 2.30. The van der Waals surface area contributed by atoms with Crippen LogP contribution in [0.3, 0.4) is 0 Å². The van der Waals surface area contributed by atoms with Gasteiger partial charge in [0.2, 0.25) is 0 Å². The number of rotatable bonds is 4. The second kappa shape index (κ2) is 6.19. The van der Waals surface area contributed by atoms with Crippen molar-refractivity contribution in [2.45, 2.75) is 45.3 Å². The molecule has 0 amide bonds. The number of alkyl halides is 2. The Morgan fingerprint density at radius 2 is 1.90 bits per heavy atom. The zero-order valence-corrected chi connectivity index (χ0v) is 12.3. The van der Waals surface area contributed by atoms with E-state index >= 15 is 0 Å². The molecule has 0 spiro atoms. The maximum atomic E-state index is 12.6. The fourth-order valence-corrected chi connectivity index (χ4v) is 2.48. The molecule has 2 rings (SSSR count). The summed E-state index contributed by atoms with van der Waals surface area (Å²) < 4.78 is 30.9. The summed E-state index contributed by atoms with van der Waals surface area (Å²) in [5.74, 6) is 0.395. The number of ether oxygens (including phenoxy) is 1. The van der Waals surface area contributed by atoms with E-state index in [1.54, 1.807) is 12.1 Å². The first-order chi connectivity index (χ1) is 9.37. The van der Waals surface area contributed by atoms with Crippen molar-refractivity contribution in [3.8, 4) is 0 Å². The van der Waals surface area contributed by atoms with Crippen LogP contribution in [-0.2, 0) is 4.74 Å². The van der Waals surface area contributed by atoms with Crippen LogP contribution in [0.2, 0.25) is 0 Å². The molecule has 0 radical (unpaired) electrons. The Bertz CT molecular complexity index is 425. The van der Waals surface area contributed by atoms with Gasteiger partial charge in [-0.2, -0.15) is 0 Å². The molecule has 0 aromatic heterocycles. The SMILES string of the molecule is CC(C)(C)NCC1CCOC1c1ccc(C(F)F)cc1. The Balaban J connectivity index is 2.03. The molecular formula is C16H23F2NO.